The highest BCUT2D eigenvalue weighted by Crippen LogP contribution is 2.15. The lowest BCUT2D eigenvalue weighted by Crippen LogP contribution is -2.39. The number of carbonyl (C=O) groups excluding carboxylic acids is 1. The van der Waals surface area contributed by atoms with E-state index < -0.39 is 0 Å². The van der Waals surface area contributed by atoms with Crippen LogP contribution in [0.5, 0.6) is 0 Å². The Kier molecular flexibility index (Phi) is 3.77. The van der Waals surface area contributed by atoms with E-state index in [1.54, 1.807) is 4.90 Å². The van der Waals surface area contributed by atoms with Gasteiger partial charge >= 0.3 is 0 Å². The van der Waals surface area contributed by atoms with Crippen molar-refractivity contribution in [1.82, 2.24) is 4.90 Å². The van der Waals surface area contributed by atoms with Gasteiger partial charge in [-0.05, 0) is 18.4 Å². The molecule has 1 saturated heterocycles. The molecule has 0 saturated carbocycles. The van der Waals surface area contributed by atoms with Crippen LogP contribution in [-0.4, -0.2) is 30.4 Å². The molecule has 0 aromatic heterocycles. The molecule has 0 aliphatic carbocycles. The minimum absolute atomic E-state index is 0.0681. The summed E-state index contributed by atoms with van der Waals surface area (Å²) in [7, 11) is 0. The van der Waals surface area contributed by atoms with Crippen LogP contribution in [0.2, 0.25) is 0 Å². The third-order valence-corrected chi connectivity index (χ3v) is 2.30. The average molecular weight is 193 g/mol. The van der Waals surface area contributed by atoms with E-state index in [9.17, 15) is 4.79 Å². The molecule has 1 aliphatic heterocycles. The fourth-order valence-electron chi connectivity index (χ4n) is 1.45. The molecule has 1 aliphatic rings. The van der Waals surface area contributed by atoms with Gasteiger partial charge < -0.3 is 4.90 Å². The second kappa shape index (κ2) is 5.10. The Morgan fingerprint density at radius 3 is 2.79 bits per heavy atom. The Hall–Kier alpha value is -1.73. The van der Waals surface area contributed by atoms with Crippen LogP contribution in [-0.2, 0) is 4.79 Å². The van der Waals surface area contributed by atoms with Gasteiger partial charge in [0.1, 0.15) is 6.54 Å². The second-order valence-electron chi connectivity index (χ2n) is 3.17. The van der Waals surface area contributed by atoms with Gasteiger partial charge in [-0.2, -0.15) is 5.26 Å². The van der Waals surface area contributed by atoms with Gasteiger partial charge in [-0.1, -0.05) is 5.11 Å². The average Bonchev–Trinajstić information content (AvgIpc) is 2.26. The number of hydrogen-bond acceptors (Lipinski definition) is 3. The molecule has 0 aromatic carbocycles. The molecule has 14 heavy (non-hydrogen) atoms. The number of hydrogen-bond donors (Lipinski definition) is 0. The van der Waals surface area contributed by atoms with Crippen LogP contribution in [0.3, 0.4) is 0 Å². The number of rotatable bonds is 2. The van der Waals surface area contributed by atoms with Crippen LogP contribution in [0.1, 0.15) is 12.8 Å². The lowest BCUT2D eigenvalue weighted by Gasteiger charge is -2.28. The van der Waals surface area contributed by atoms with Crippen molar-refractivity contribution in [3.63, 3.8) is 0 Å². The van der Waals surface area contributed by atoms with Crippen LogP contribution in [0.15, 0.2) is 5.11 Å². The lowest BCUT2D eigenvalue weighted by molar-refractivity contribution is -0.130. The van der Waals surface area contributed by atoms with Crippen molar-refractivity contribution < 1.29 is 4.79 Å². The Labute approximate surface area is 81.7 Å². The van der Waals surface area contributed by atoms with Gasteiger partial charge in [-0.3, -0.25) is 4.79 Å². The van der Waals surface area contributed by atoms with Gasteiger partial charge in [0.25, 0.3) is 0 Å². The summed E-state index contributed by atoms with van der Waals surface area (Å²) in [6, 6.07) is 2.19. The molecular weight excluding hydrogens is 182 g/mol. The standard InChI is InChI=1S/C8H11N5O/c9-5-7-1-3-13(4-2-7)8(14)6-11-12-10/h7H,1-4,6H2. The van der Waals surface area contributed by atoms with Gasteiger partial charge in [-0.25, -0.2) is 0 Å². The number of amides is 1. The van der Waals surface area contributed by atoms with Gasteiger partial charge in [0, 0.05) is 23.9 Å². The predicted octanol–water partition coefficient (Wildman–Crippen LogP) is 1.06. The van der Waals surface area contributed by atoms with E-state index in [2.05, 4.69) is 16.1 Å². The van der Waals surface area contributed by atoms with Gasteiger partial charge in [0.05, 0.1) is 6.07 Å². The normalized spacial score (nSPS) is 16.9. The summed E-state index contributed by atoms with van der Waals surface area (Å²) in [6.45, 7) is 1.07. The van der Waals surface area contributed by atoms with Crippen molar-refractivity contribution in [2.24, 2.45) is 11.0 Å². The largest absolute Gasteiger partial charge is 0.342 e. The number of nitrogens with zero attached hydrogens (tertiary/aromatic N) is 5. The van der Waals surface area contributed by atoms with Gasteiger partial charge in [0.2, 0.25) is 5.91 Å². The quantitative estimate of drug-likeness (QED) is 0.372. The molecule has 1 rings (SSSR count). The summed E-state index contributed by atoms with van der Waals surface area (Å²) in [5, 5.41) is 11.8. The van der Waals surface area contributed by atoms with E-state index in [0.29, 0.717) is 13.1 Å². The van der Waals surface area contributed by atoms with E-state index in [0.717, 1.165) is 12.8 Å². The molecule has 0 N–H and O–H groups in total. The number of piperidine rings is 1. The van der Waals surface area contributed by atoms with Crippen molar-refractivity contribution in [3.8, 4) is 6.07 Å². The zero-order valence-electron chi connectivity index (χ0n) is 7.76. The third-order valence-electron chi connectivity index (χ3n) is 2.30. The number of azide groups is 1. The maximum atomic E-state index is 11.3. The molecule has 0 radical (unpaired) electrons. The van der Waals surface area contributed by atoms with Gasteiger partial charge in [0.15, 0.2) is 0 Å². The van der Waals surface area contributed by atoms with Crippen LogP contribution in [0, 0.1) is 17.2 Å². The molecule has 6 heteroatoms. The monoisotopic (exact) mass is 193 g/mol. The van der Waals surface area contributed by atoms with Crippen molar-refractivity contribution in [3.05, 3.63) is 10.4 Å². The van der Waals surface area contributed by atoms with E-state index in [1.807, 2.05) is 0 Å². The Morgan fingerprint density at radius 1 is 1.64 bits per heavy atom. The fraction of sp³-hybridized carbons (Fsp3) is 0.750. The van der Waals surface area contributed by atoms with Crippen LogP contribution < -0.4 is 0 Å². The highest BCUT2D eigenvalue weighted by Gasteiger charge is 2.21. The van der Waals surface area contributed by atoms with E-state index in [4.69, 9.17) is 10.8 Å². The van der Waals surface area contributed by atoms with E-state index in [-0.39, 0.29) is 18.4 Å². The minimum Gasteiger partial charge on any atom is -0.342 e. The molecule has 6 nitrogen and oxygen atoms in total. The maximum absolute atomic E-state index is 11.3. The summed E-state index contributed by atoms with van der Waals surface area (Å²) in [4.78, 5) is 15.5. The smallest absolute Gasteiger partial charge is 0.228 e. The van der Waals surface area contributed by atoms with E-state index in [1.165, 1.54) is 0 Å². The Balaban J connectivity index is 2.38. The molecule has 0 spiro atoms. The summed E-state index contributed by atoms with van der Waals surface area (Å²) < 4.78 is 0. The first kappa shape index (κ1) is 10.4. The third kappa shape index (κ3) is 2.64. The Bertz CT molecular complexity index is 293. The first-order valence-electron chi connectivity index (χ1n) is 4.46. The highest BCUT2D eigenvalue weighted by molar-refractivity contribution is 5.78. The molecule has 0 unspecified atom stereocenters. The number of carbonyl (C=O) groups is 1. The van der Waals surface area contributed by atoms with Crippen LogP contribution in [0.25, 0.3) is 10.4 Å². The number of nitriles is 1. The summed E-state index contributed by atoms with van der Waals surface area (Å²) in [5.41, 5.74) is 8.04. The first-order valence-corrected chi connectivity index (χ1v) is 4.46. The summed E-state index contributed by atoms with van der Waals surface area (Å²) >= 11 is 0. The molecule has 1 heterocycles. The van der Waals surface area contributed by atoms with E-state index >= 15 is 0 Å². The van der Waals surface area contributed by atoms with Crippen molar-refractivity contribution in [1.29, 1.82) is 5.26 Å². The Morgan fingerprint density at radius 2 is 2.29 bits per heavy atom. The van der Waals surface area contributed by atoms with Crippen molar-refractivity contribution >= 4 is 5.91 Å². The molecular formula is C8H11N5O. The van der Waals surface area contributed by atoms with Gasteiger partial charge in [-0.15, -0.1) is 0 Å². The second-order valence-corrected chi connectivity index (χ2v) is 3.17. The lowest BCUT2D eigenvalue weighted by atomic mass is 9.99. The van der Waals surface area contributed by atoms with Crippen LogP contribution >= 0.6 is 0 Å². The predicted molar refractivity (Wildman–Crippen MR) is 48.9 cm³/mol. The molecule has 1 amide bonds. The van der Waals surface area contributed by atoms with Crippen molar-refractivity contribution in [2.45, 2.75) is 12.8 Å². The summed E-state index contributed by atoms with van der Waals surface area (Å²) in [5.74, 6) is -0.0855. The van der Waals surface area contributed by atoms with Crippen molar-refractivity contribution in [2.75, 3.05) is 19.6 Å². The fourth-order valence-corrected chi connectivity index (χ4v) is 1.45. The molecule has 0 aromatic rings. The zero-order chi connectivity index (χ0) is 10.4. The molecule has 0 bridgehead atoms. The maximum Gasteiger partial charge on any atom is 0.228 e. The zero-order valence-corrected chi connectivity index (χ0v) is 7.76. The minimum atomic E-state index is -0.154. The van der Waals surface area contributed by atoms with Crippen LogP contribution in [0.4, 0.5) is 0 Å². The number of likely N-dealkylation sites (tertiary alicyclic amines) is 1. The first-order chi connectivity index (χ1) is 6.77. The molecule has 1 fully saturated rings. The summed E-state index contributed by atoms with van der Waals surface area (Å²) in [6.07, 6.45) is 1.44. The topological polar surface area (TPSA) is 92.9 Å². The SMILES string of the molecule is N#CC1CCN(C(=O)CN=[N+]=[N-])CC1. The molecule has 74 valence electrons. The molecule has 0 atom stereocenters. The highest BCUT2D eigenvalue weighted by atomic mass is 16.2.